The van der Waals surface area contributed by atoms with Gasteiger partial charge in [0.1, 0.15) is 0 Å². The molecule has 1 aliphatic heterocycles. The molecule has 3 atom stereocenters. The van der Waals surface area contributed by atoms with Crippen molar-refractivity contribution < 1.29 is 4.79 Å². The molecule has 0 aromatic carbocycles. The lowest BCUT2D eigenvalue weighted by atomic mass is 9.93. The number of amides is 1. The summed E-state index contributed by atoms with van der Waals surface area (Å²) >= 11 is 1.42. The quantitative estimate of drug-likeness (QED) is 0.838. The number of nitrogens with two attached hydrogens (primary N) is 2. The molecule has 1 aromatic rings. The highest BCUT2D eigenvalue weighted by molar-refractivity contribution is 7.15. The van der Waals surface area contributed by atoms with E-state index in [-0.39, 0.29) is 5.91 Å². The van der Waals surface area contributed by atoms with E-state index in [1.807, 2.05) is 11.8 Å². The van der Waals surface area contributed by atoms with Crippen LogP contribution >= 0.6 is 11.3 Å². The highest BCUT2D eigenvalue weighted by Gasteiger charge is 2.41. The summed E-state index contributed by atoms with van der Waals surface area (Å²) in [5, 5.41) is 0.543. The third-order valence-corrected chi connectivity index (χ3v) is 5.47. The first kappa shape index (κ1) is 12.9. The van der Waals surface area contributed by atoms with Crippen LogP contribution in [0.5, 0.6) is 0 Å². The Kier molecular flexibility index (Phi) is 3.22. The van der Waals surface area contributed by atoms with Crippen LogP contribution in [-0.4, -0.2) is 34.9 Å². The molecular formula is C13H20N4OS. The van der Waals surface area contributed by atoms with Gasteiger partial charge in [-0.3, -0.25) is 4.79 Å². The molecule has 1 aromatic heterocycles. The molecule has 1 aliphatic carbocycles. The van der Waals surface area contributed by atoms with E-state index >= 15 is 0 Å². The predicted octanol–water partition coefficient (Wildman–Crippen LogP) is 0.772. The molecule has 1 saturated heterocycles. The minimum Gasteiger partial charge on any atom is -0.375 e. The number of hydrogen-bond acceptors (Lipinski definition) is 5. The molecule has 19 heavy (non-hydrogen) atoms. The molecule has 2 aliphatic rings. The van der Waals surface area contributed by atoms with Gasteiger partial charge in [-0.15, -0.1) is 11.3 Å². The fourth-order valence-corrected chi connectivity index (χ4v) is 4.16. The van der Waals surface area contributed by atoms with Crippen LogP contribution in [0.2, 0.25) is 0 Å². The number of nitrogen functional groups attached to an aromatic ring is 1. The van der Waals surface area contributed by atoms with Crippen LogP contribution in [0.15, 0.2) is 0 Å². The summed E-state index contributed by atoms with van der Waals surface area (Å²) < 4.78 is 0. The van der Waals surface area contributed by atoms with Crippen molar-refractivity contribution in [3.05, 3.63) is 10.6 Å². The van der Waals surface area contributed by atoms with Crippen LogP contribution in [0.1, 0.15) is 23.4 Å². The second-order valence-corrected chi connectivity index (χ2v) is 6.83. The van der Waals surface area contributed by atoms with Crippen LogP contribution in [-0.2, 0) is 11.2 Å². The SMILES string of the molecule is Cc1nc(N)sc1CC(=O)N1C[C@H]2CC[C@@H](C1)C2N. The summed E-state index contributed by atoms with van der Waals surface area (Å²) in [4.78, 5) is 19.5. The second kappa shape index (κ2) is 4.76. The van der Waals surface area contributed by atoms with Crippen molar-refractivity contribution in [3.8, 4) is 0 Å². The Morgan fingerprint density at radius 2 is 2.05 bits per heavy atom. The van der Waals surface area contributed by atoms with Crippen molar-refractivity contribution in [1.82, 2.24) is 9.88 Å². The first-order chi connectivity index (χ1) is 9.04. The first-order valence-corrected chi connectivity index (χ1v) is 7.61. The average Bonchev–Trinajstić information content (AvgIpc) is 2.75. The Hall–Kier alpha value is -1.14. The van der Waals surface area contributed by atoms with Gasteiger partial charge in [-0.05, 0) is 31.6 Å². The maximum Gasteiger partial charge on any atom is 0.227 e. The van der Waals surface area contributed by atoms with Gasteiger partial charge in [-0.25, -0.2) is 4.98 Å². The Morgan fingerprint density at radius 3 is 2.58 bits per heavy atom. The number of thiazole rings is 1. The van der Waals surface area contributed by atoms with Crippen molar-refractivity contribution in [2.75, 3.05) is 18.8 Å². The fraction of sp³-hybridized carbons (Fsp3) is 0.692. The van der Waals surface area contributed by atoms with Crippen molar-refractivity contribution in [2.45, 2.75) is 32.2 Å². The number of hydrogen-bond donors (Lipinski definition) is 2. The summed E-state index contributed by atoms with van der Waals surface area (Å²) in [6, 6.07) is 0.296. The second-order valence-electron chi connectivity index (χ2n) is 5.71. The van der Waals surface area contributed by atoms with Gasteiger partial charge in [-0.2, -0.15) is 0 Å². The van der Waals surface area contributed by atoms with Gasteiger partial charge < -0.3 is 16.4 Å². The fourth-order valence-electron chi connectivity index (χ4n) is 3.33. The summed E-state index contributed by atoms with van der Waals surface area (Å²) in [6.07, 6.45) is 2.76. The molecule has 0 radical (unpaired) electrons. The predicted molar refractivity (Wildman–Crippen MR) is 75.7 cm³/mol. The molecular weight excluding hydrogens is 260 g/mol. The monoisotopic (exact) mass is 280 g/mol. The number of nitrogens with zero attached hydrogens (tertiary/aromatic N) is 2. The number of aryl methyl sites for hydroxylation is 1. The Morgan fingerprint density at radius 1 is 1.42 bits per heavy atom. The van der Waals surface area contributed by atoms with E-state index in [4.69, 9.17) is 11.5 Å². The third kappa shape index (κ3) is 2.34. The maximum absolute atomic E-state index is 12.4. The normalized spacial score (nSPS) is 29.8. The maximum atomic E-state index is 12.4. The standard InChI is InChI=1S/C13H20N4OS/c1-7-10(19-13(15)16-7)4-11(18)17-5-8-2-3-9(6-17)12(8)14/h8-9,12H,2-6,14H2,1H3,(H2,15,16)/t8-,9+,12?. The van der Waals surface area contributed by atoms with Gasteiger partial charge in [0.2, 0.25) is 5.91 Å². The lowest BCUT2D eigenvalue weighted by Crippen LogP contribution is -2.51. The molecule has 2 heterocycles. The summed E-state index contributed by atoms with van der Waals surface area (Å²) in [6.45, 7) is 3.55. The molecule has 3 rings (SSSR count). The van der Waals surface area contributed by atoms with E-state index < -0.39 is 0 Å². The number of carbonyl (C=O) groups is 1. The molecule has 1 saturated carbocycles. The summed E-state index contributed by atoms with van der Waals surface area (Å²) in [7, 11) is 0. The Labute approximate surface area is 117 Å². The third-order valence-electron chi connectivity index (χ3n) is 4.48. The molecule has 2 fully saturated rings. The van der Waals surface area contributed by atoms with Crippen molar-refractivity contribution in [3.63, 3.8) is 0 Å². The number of fused-ring (bicyclic) bond motifs is 2. The van der Waals surface area contributed by atoms with Crippen LogP contribution in [0, 0.1) is 18.8 Å². The number of rotatable bonds is 2. The molecule has 0 spiro atoms. The molecule has 1 amide bonds. The average molecular weight is 280 g/mol. The summed E-state index contributed by atoms with van der Waals surface area (Å²) in [5.41, 5.74) is 12.7. The lowest BCUT2D eigenvalue weighted by molar-refractivity contribution is -0.132. The van der Waals surface area contributed by atoms with Crippen molar-refractivity contribution in [2.24, 2.45) is 17.6 Å². The molecule has 6 heteroatoms. The van der Waals surface area contributed by atoms with E-state index in [9.17, 15) is 4.79 Å². The van der Waals surface area contributed by atoms with Gasteiger partial charge in [0.05, 0.1) is 12.1 Å². The zero-order valence-electron chi connectivity index (χ0n) is 11.1. The van der Waals surface area contributed by atoms with E-state index in [2.05, 4.69) is 4.98 Å². The van der Waals surface area contributed by atoms with Crippen molar-refractivity contribution in [1.29, 1.82) is 0 Å². The van der Waals surface area contributed by atoms with Gasteiger partial charge in [0.15, 0.2) is 5.13 Å². The van der Waals surface area contributed by atoms with Gasteiger partial charge in [-0.1, -0.05) is 0 Å². The molecule has 1 unspecified atom stereocenters. The minimum absolute atomic E-state index is 0.190. The minimum atomic E-state index is 0.190. The highest BCUT2D eigenvalue weighted by Crippen LogP contribution is 2.35. The molecule has 2 bridgehead atoms. The van der Waals surface area contributed by atoms with Crippen LogP contribution in [0.4, 0.5) is 5.13 Å². The Bertz CT molecular complexity index is 487. The van der Waals surface area contributed by atoms with Gasteiger partial charge in [0.25, 0.3) is 0 Å². The Balaban J connectivity index is 1.67. The number of carbonyl (C=O) groups excluding carboxylic acids is 1. The van der Waals surface area contributed by atoms with E-state index in [1.165, 1.54) is 24.2 Å². The number of piperidine rings is 1. The molecule has 104 valence electrons. The van der Waals surface area contributed by atoms with Crippen LogP contribution in [0.3, 0.4) is 0 Å². The van der Waals surface area contributed by atoms with E-state index in [0.29, 0.717) is 29.4 Å². The van der Waals surface area contributed by atoms with E-state index in [0.717, 1.165) is 23.7 Å². The zero-order valence-corrected chi connectivity index (χ0v) is 11.9. The number of aromatic nitrogens is 1. The zero-order chi connectivity index (χ0) is 13.6. The topological polar surface area (TPSA) is 85.2 Å². The molecule has 4 N–H and O–H groups in total. The van der Waals surface area contributed by atoms with Gasteiger partial charge in [0, 0.05) is 24.0 Å². The van der Waals surface area contributed by atoms with Gasteiger partial charge >= 0.3 is 0 Å². The highest BCUT2D eigenvalue weighted by atomic mass is 32.1. The number of anilines is 1. The smallest absolute Gasteiger partial charge is 0.227 e. The van der Waals surface area contributed by atoms with E-state index in [1.54, 1.807) is 0 Å². The van der Waals surface area contributed by atoms with Crippen LogP contribution < -0.4 is 11.5 Å². The summed E-state index contributed by atoms with van der Waals surface area (Å²) in [5.74, 6) is 1.18. The molecule has 5 nitrogen and oxygen atoms in total. The van der Waals surface area contributed by atoms with Crippen LogP contribution in [0.25, 0.3) is 0 Å². The number of likely N-dealkylation sites (tertiary alicyclic amines) is 1. The first-order valence-electron chi connectivity index (χ1n) is 6.79. The lowest BCUT2D eigenvalue weighted by Gasteiger charge is -2.36. The van der Waals surface area contributed by atoms with Crippen molar-refractivity contribution >= 4 is 22.4 Å². The largest absolute Gasteiger partial charge is 0.375 e.